The lowest BCUT2D eigenvalue weighted by Crippen LogP contribution is -2.23. The van der Waals surface area contributed by atoms with E-state index in [1.54, 1.807) is 56.3 Å². The second-order valence-corrected chi connectivity index (χ2v) is 13.5. The molecule has 0 saturated heterocycles. The average molecular weight is 616 g/mol. The van der Waals surface area contributed by atoms with Crippen molar-refractivity contribution in [2.75, 3.05) is 32.8 Å². The molecule has 0 fully saturated rings. The quantitative estimate of drug-likeness (QED) is 0.184. The van der Waals surface area contributed by atoms with E-state index in [0.717, 1.165) is 0 Å². The molecule has 0 aliphatic carbocycles. The third-order valence-electron chi connectivity index (χ3n) is 6.59. The molecule has 2 aromatic heterocycles. The first-order valence-corrected chi connectivity index (χ1v) is 16.5. The number of aromatic nitrogens is 1. The Bertz CT molecular complexity index is 1870. The van der Waals surface area contributed by atoms with Crippen LogP contribution in [0.3, 0.4) is 0 Å². The van der Waals surface area contributed by atoms with E-state index in [4.69, 9.17) is 14.2 Å². The number of nitrogens with zero attached hydrogens (tertiary/aromatic N) is 2. The fourth-order valence-electron chi connectivity index (χ4n) is 4.89. The number of benzene rings is 2. The minimum absolute atomic E-state index is 0.134. The molecule has 0 radical (unpaired) electrons. The van der Waals surface area contributed by atoms with Crippen molar-refractivity contribution in [2.24, 2.45) is 5.10 Å². The summed E-state index contributed by atoms with van der Waals surface area (Å²) in [6.45, 7) is 3.37. The number of methoxy groups -OCH3 is 3. The molecule has 1 N–H and O–H groups in total. The van der Waals surface area contributed by atoms with Gasteiger partial charge in [0, 0.05) is 17.1 Å². The van der Waals surface area contributed by atoms with Crippen LogP contribution in [0.4, 0.5) is 0 Å². The van der Waals surface area contributed by atoms with Gasteiger partial charge in [-0.2, -0.15) is 5.10 Å². The number of carbonyl (C=O) groups excluding carboxylic acids is 1. The van der Waals surface area contributed by atoms with E-state index < -0.39 is 30.5 Å². The third-order valence-corrected chi connectivity index (χ3v) is 10.6. The number of carbonyl (C=O) groups is 1. The molecule has 0 spiro atoms. The zero-order valence-corrected chi connectivity index (χ0v) is 25.6. The van der Waals surface area contributed by atoms with Gasteiger partial charge in [0.25, 0.3) is 5.91 Å². The normalized spacial score (nSPS) is 12.2. The first-order valence-electron chi connectivity index (χ1n) is 13.2. The van der Waals surface area contributed by atoms with Crippen molar-refractivity contribution in [1.82, 2.24) is 9.83 Å². The molecule has 11 nitrogen and oxygen atoms in total. The molecule has 13 heteroatoms. The summed E-state index contributed by atoms with van der Waals surface area (Å²) in [6.07, 6.45) is 3.31. The van der Waals surface area contributed by atoms with Gasteiger partial charge in [-0.05, 0) is 36.4 Å². The summed E-state index contributed by atoms with van der Waals surface area (Å²) in [5, 5.41) is 5.24. The van der Waals surface area contributed by atoms with Crippen LogP contribution in [-0.2, 0) is 19.7 Å². The van der Waals surface area contributed by atoms with Crippen molar-refractivity contribution < 1.29 is 35.8 Å². The first kappa shape index (κ1) is 30.8. The summed E-state index contributed by atoms with van der Waals surface area (Å²) in [7, 11) is -3.93. The van der Waals surface area contributed by atoms with Gasteiger partial charge in [0.1, 0.15) is 15.5 Å². The standard InChI is InChI=1S/C29H33N3O8S2/c1-6-14-41(34,35)27-24-21-11-9-8-10-20(21)12-13-32(24)25(28(27)42(36,37)15-7-2)29(33)31-30-18-19-16-22(38-3)26(40-5)23(17-19)39-4/h8-13,16-18H,6-7,14-15H2,1-5H3,(H,31,33)/b30-18-. The molecule has 4 aromatic rings. The van der Waals surface area contributed by atoms with Crippen LogP contribution < -0.4 is 19.6 Å². The van der Waals surface area contributed by atoms with E-state index in [1.165, 1.54) is 38.1 Å². The van der Waals surface area contributed by atoms with Gasteiger partial charge in [-0.25, -0.2) is 22.3 Å². The molecule has 0 aliphatic rings. The number of hydrazone groups is 1. The van der Waals surface area contributed by atoms with Crippen molar-refractivity contribution >= 4 is 48.1 Å². The largest absolute Gasteiger partial charge is 0.493 e. The highest BCUT2D eigenvalue weighted by Gasteiger charge is 2.37. The zero-order chi connectivity index (χ0) is 30.7. The minimum Gasteiger partial charge on any atom is -0.493 e. The highest BCUT2D eigenvalue weighted by Crippen LogP contribution is 2.39. The molecule has 0 atom stereocenters. The Hall–Kier alpha value is -4.10. The van der Waals surface area contributed by atoms with E-state index in [2.05, 4.69) is 10.5 Å². The summed E-state index contributed by atoms with van der Waals surface area (Å²) >= 11 is 0. The van der Waals surface area contributed by atoms with Crippen molar-refractivity contribution in [3.05, 3.63) is 59.9 Å². The Balaban J connectivity index is 1.94. The van der Waals surface area contributed by atoms with Gasteiger partial charge < -0.3 is 18.6 Å². The van der Waals surface area contributed by atoms with Crippen LogP contribution in [0, 0.1) is 0 Å². The summed E-state index contributed by atoms with van der Waals surface area (Å²) in [4.78, 5) is 12.8. The Morgan fingerprint density at radius 2 is 1.48 bits per heavy atom. The van der Waals surface area contributed by atoms with E-state index in [0.29, 0.717) is 33.6 Å². The van der Waals surface area contributed by atoms with Crippen LogP contribution in [0.15, 0.2) is 63.6 Å². The predicted octanol–water partition coefficient (Wildman–Crippen LogP) is 4.25. The van der Waals surface area contributed by atoms with E-state index in [-0.39, 0.29) is 40.5 Å². The van der Waals surface area contributed by atoms with Crippen molar-refractivity contribution in [1.29, 1.82) is 0 Å². The number of ether oxygens (including phenoxy) is 3. The molecule has 4 rings (SSSR count). The van der Waals surface area contributed by atoms with Crippen LogP contribution in [0.5, 0.6) is 17.2 Å². The molecule has 0 saturated carbocycles. The third kappa shape index (κ3) is 5.66. The Kier molecular flexibility index (Phi) is 9.12. The number of amides is 1. The highest BCUT2D eigenvalue weighted by atomic mass is 32.2. The lowest BCUT2D eigenvalue weighted by atomic mass is 10.1. The topological polar surface area (TPSA) is 142 Å². The monoisotopic (exact) mass is 615 g/mol. The van der Waals surface area contributed by atoms with Crippen molar-refractivity contribution in [3.63, 3.8) is 0 Å². The average Bonchev–Trinajstić information content (AvgIpc) is 3.34. The number of hydrogen-bond acceptors (Lipinski definition) is 9. The van der Waals surface area contributed by atoms with Gasteiger partial charge in [0.15, 0.2) is 31.2 Å². The van der Waals surface area contributed by atoms with Gasteiger partial charge >= 0.3 is 0 Å². The van der Waals surface area contributed by atoms with Crippen LogP contribution in [0.2, 0.25) is 0 Å². The lowest BCUT2D eigenvalue weighted by molar-refractivity contribution is 0.0945. The predicted molar refractivity (Wildman–Crippen MR) is 161 cm³/mol. The number of nitrogens with one attached hydrogen (secondary N) is 1. The van der Waals surface area contributed by atoms with Gasteiger partial charge in [0.2, 0.25) is 5.75 Å². The molecule has 224 valence electrons. The van der Waals surface area contributed by atoms with Gasteiger partial charge in [-0.3, -0.25) is 4.79 Å². The van der Waals surface area contributed by atoms with Gasteiger partial charge in [-0.15, -0.1) is 0 Å². The fraction of sp³-hybridized carbons (Fsp3) is 0.310. The number of sulfone groups is 2. The molecular formula is C29H33N3O8S2. The molecule has 0 unspecified atom stereocenters. The Morgan fingerprint density at radius 3 is 2.05 bits per heavy atom. The van der Waals surface area contributed by atoms with Crippen LogP contribution in [0.1, 0.15) is 42.7 Å². The summed E-state index contributed by atoms with van der Waals surface area (Å²) in [6, 6.07) is 11.9. The maximum atomic E-state index is 13.7. The lowest BCUT2D eigenvalue weighted by Gasteiger charge is -2.12. The summed E-state index contributed by atoms with van der Waals surface area (Å²) in [5.41, 5.74) is 2.67. The summed E-state index contributed by atoms with van der Waals surface area (Å²) in [5.74, 6) is -0.409. The maximum absolute atomic E-state index is 13.7. The molecule has 2 heterocycles. The number of hydrogen-bond donors (Lipinski definition) is 1. The van der Waals surface area contributed by atoms with Crippen molar-refractivity contribution in [2.45, 2.75) is 36.5 Å². The minimum atomic E-state index is -4.21. The van der Waals surface area contributed by atoms with E-state index >= 15 is 0 Å². The van der Waals surface area contributed by atoms with Gasteiger partial charge in [-0.1, -0.05) is 38.1 Å². The number of rotatable bonds is 12. The second kappa shape index (κ2) is 12.4. The SMILES string of the molecule is CCCS(=O)(=O)c1c(S(=O)(=O)CCC)c2c3ccccc3ccn2c1C(=O)N/N=C\c1cc(OC)c(OC)c(OC)c1. The van der Waals surface area contributed by atoms with E-state index in [9.17, 15) is 21.6 Å². The van der Waals surface area contributed by atoms with Crippen LogP contribution in [-0.4, -0.2) is 66.2 Å². The smallest absolute Gasteiger partial charge is 0.289 e. The summed E-state index contributed by atoms with van der Waals surface area (Å²) < 4.78 is 72.1. The molecule has 0 bridgehead atoms. The molecule has 2 aromatic carbocycles. The van der Waals surface area contributed by atoms with Crippen molar-refractivity contribution in [3.8, 4) is 17.2 Å². The second-order valence-electron chi connectivity index (χ2n) is 9.42. The fourth-order valence-corrected chi connectivity index (χ4v) is 8.88. The van der Waals surface area contributed by atoms with Crippen LogP contribution >= 0.6 is 0 Å². The molecule has 1 amide bonds. The number of pyridine rings is 1. The van der Waals surface area contributed by atoms with E-state index in [1.807, 2.05) is 0 Å². The Morgan fingerprint density at radius 1 is 0.881 bits per heavy atom. The molecular weight excluding hydrogens is 582 g/mol. The molecule has 42 heavy (non-hydrogen) atoms. The zero-order valence-electron chi connectivity index (χ0n) is 24.0. The van der Waals surface area contributed by atoms with Crippen LogP contribution in [0.25, 0.3) is 16.3 Å². The van der Waals surface area contributed by atoms with Gasteiger partial charge in [0.05, 0.1) is 44.6 Å². The number of fused-ring (bicyclic) bond motifs is 3. The highest BCUT2D eigenvalue weighted by molar-refractivity contribution is 7.94. The maximum Gasteiger partial charge on any atom is 0.289 e. The Labute approximate surface area is 244 Å². The first-order chi connectivity index (χ1) is 20.0. The molecule has 0 aliphatic heterocycles.